The smallest absolute Gasteiger partial charge is 0.255 e. The third-order valence-corrected chi connectivity index (χ3v) is 3.61. The van der Waals surface area contributed by atoms with Gasteiger partial charge in [0.1, 0.15) is 0 Å². The maximum atomic E-state index is 13.8. The molecule has 0 spiro atoms. The second kappa shape index (κ2) is 6.62. The van der Waals surface area contributed by atoms with E-state index in [-0.39, 0.29) is 10.7 Å². The van der Waals surface area contributed by atoms with Crippen LogP contribution in [0.25, 0.3) is 0 Å². The van der Waals surface area contributed by atoms with Crippen molar-refractivity contribution in [2.24, 2.45) is 0 Å². The molecule has 1 heterocycles. The Morgan fingerprint density at radius 1 is 1.17 bits per heavy atom. The summed E-state index contributed by atoms with van der Waals surface area (Å²) >= 11 is 5.70. The number of hydrogen-bond donors (Lipinski definition) is 1. The van der Waals surface area contributed by atoms with Gasteiger partial charge in [0.2, 0.25) is 0 Å². The van der Waals surface area contributed by atoms with Gasteiger partial charge in [-0.2, -0.15) is 5.10 Å². The number of nitrogens with zero attached hydrogens (tertiary/aromatic N) is 2. The molecule has 6 heteroatoms. The number of carbonyl (C=O) groups is 1. The molecule has 3 rings (SSSR count). The molecule has 3 aromatic rings. The number of carbonyl (C=O) groups excluding carboxylic acids is 1. The third kappa shape index (κ3) is 3.57. The molecule has 1 N–H and O–H groups in total. The Hall–Kier alpha value is -2.66. The molecule has 0 bridgehead atoms. The zero-order valence-electron chi connectivity index (χ0n) is 12.0. The number of hydrogen-bond acceptors (Lipinski definition) is 2. The summed E-state index contributed by atoms with van der Waals surface area (Å²) < 4.78 is 15.6. The van der Waals surface area contributed by atoms with Crippen LogP contribution in [0.3, 0.4) is 0 Å². The summed E-state index contributed by atoms with van der Waals surface area (Å²) in [7, 11) is 0. The van der Waals surface area contributed by atoms with Gasteiger partial charge in [0.05, 0.1) is 17.3 Å². The van der Waals surface area contributed by atoms with E-state index in [9.17, 15) is 9.18 Å². The van der Waals surface area contributed by atoms with Gasteiger partial charge < -0.3 is 5.32 Å². The number of anilines is 1. The minimum atomic E-state index is -0.641. The number of benzene rings is 2. The van der Waals surface area contributed by atoms with Crippen LogP contribution in [0, 0.1) is 5.82 Å². The van der Waals surface area contributed by atoms with E-state index >= 15 is 0 Å². The molecule has 0 saturated heterocycles. The first kappa shape index (κ1) is 15.2. The monoisotopic (exact) mass is 329 g/mol. The zero-order valence-corrected chi connectivity index (χ0v) is 12.8. The van der Waals surface area contributed by atoms with Crippen molar-refractivity contribution < 1.29 is 9.18 Å². The van der Waals surface area contributed by atoms with Crippen LogP contribution < -0.4 is 5.32 Å². The number of aromatic nitrogens is 2. The maximum absolute atomic E-state index is 13.8. The summed E-state index contributed by atoms with van der Waals surface area (Å²) in [5, 5.41) is 6.61. The Labute approximate surface area is 137 Å². The fourth-order valence-corrected chi connectivity index (χ4v) is 2.31. The Morgan fingerprint density at radius 2 is 1.96 bits per heavy atom. The number of rotatable bonds is 4. The minimum Gasteiger partial charge on any atom is -0.319 e. The highest BCUT2D eigenvalue weighted by molar-refractivity contribution is 6.31. The van der Waals surface area contributed by atoms with E-state index in [1.807, 2.05) is 24.4 Å². The topological polar surface area (TPSA) is 46.9 Å². The average Bonchev–Trinajstić information content (AvgIpc) is 3.05. The standard InChI is InChI=1S/C17H13ClFN3O/c18-14-3-1-4-15(16(14)19)21-17(23)13-7-5-12(6-8-13)11-22-10-2-9-20-22/h1-10H,11H2,(H,21,23). The predicted molar refractivity (Wildman–Crippen MR) is 87.1 cm³/mol. The first-order valence-electron chi connectivity index (χ1n) is 6.95. The SMILES string of the molecule is O=C(Nc1cccc(Cl)c1F)c1ccc(Cn2cccn2)cc1. The quantitative estimate of drug-likeness (QED) is 0.787. The van der Waals surface area contributed by atoms with Crippen molar-refractivity contribution in [3.8, 4) is 0 Å². The molecule has 116 valence electrons. The van der Waals surface area contributed by atoms with E-state index < -0.39 is 11.7 Å². The van der Waals surface area contributed by atoms with Crippen molar-refractivity contribution in [3.05, 3.63) is 82.9 Å². The molecule has 4 nitrogen and oxygen atoms in total. The number of nitrogens with one attached hydrogen (secondary N) is 1. The molecular formula is C17H13ClFN3O. The molecule has 0 unspecified atom stereocenters. The van der Waals surface area contributed by atoms with Gasteiger partial charge in [0.25, 0.3) is 5.91 Å². The van der Waals surface area contributed by atoms with Crippen LogP contribution >= 0.6 is 11.6 Å². The van der Waals surface area contributed by atoms with E-state index in [1.54, 1.807) is 29.1 Å². The summed E-state index contributed by atoms with van der Waals surface area (Å²) in [6.45, 7) is 0.623. The third-order valence-electron chi connectivity index (χ3n) is 3.32. The molecule has 0 aliphatic rings. The molecule has 1 aromatic heterocycles. The molecule has 0 aliphatic carbocycles. The van der Waals surface area contributed by atoms with Crippen LogP contribution in [0.2, 0.25) is 5.02 Å². The van der Waals surface area contributed by atoms with Crippen LogP contribution in [-0.4, -0.2) is 15.7 Å². The molecule has 1 amide bonds. The van der Waals surface area contributed by atoms with Crippen LogP contribution in [-0.2, 0) is 6.54 Å². The summed E-state index contributed by atoms with van der Waals surface area (Å²) in [6.07, 6.45) is 3.57. The van der Waals surface area contributed by atoms with Crippen molar-refractivity contribution in [1.29, 1.82) is 0 Å². The van der Waals surface area contributed by atoms with Crippen molar-refractivity contribution in [2.75, 3.05) is 5.32 Å². The lowest BCUT2D eigenvalue weighted by Gasteiger charge is -2.08. The summed E-state index contributed by atoms with van der Waals surface area (Å²) in [6, 6.07) is 13.4. The van der Waals surface area contributed by atoms with Gasteiger partial charge in [-0.3, -0.25) is 9.48 Å². The second-order valence-electron chi connectivity index (χ2n) is 4.96. The lowest BCUT2D eigenvalue weighted by Crippen LogP contribution is -2.13. The Balaban J connectivity index is 1.71. The Bertz CT molecular complexity index is 816. The fourth-order valence-electron chi connectivity index (χ4n) is 2.14. The van der Waals surface area contributed by atoms with Gasteiger partial charge in [0.15, 0.2) is 5.82 Å². The van der Waals surface area contributed by atoms with Crippen molar-refractivity contribution in [1.82, 2.24) is 9.78 Å². The minimum absolute atomic E-state index is 0.0302. The molecule has 0 radical (unpaired) electrons. The highest BCUT2D eigenvalue weighted by Gasteiger charge is 2.11. The summed E-state index contributed by atoms with van der Waals surface area (Å²) in [5.41, 5.74) is 1.51. The maximum Gasteiger partial charge on any atom is 0.255 e. The molecule has 2 aromatic carbocycles. The van der Waals surface area contributed by atoms with Gasteiger partial charge in [-0.15, -0.1) is 0 Å². The van der Waals surface area contributed by atoms with Crippen molar-refractivity contribution in [2.45, 2.75) is 6.54 Å². The van der Waals surface area contributed by atoms with Gasteiger partial charge in [0, 0.05) is 18.0 Å². The normalized spacial score (nSPS) is 10.5. The molecule has 0 aliphatic heterocycles. The largest absolute Gasteiger partial charge is 0.319 e. The Morgan fingerprint density at radius 3 is 2.65 bits per heavy atom. The predicted octanol–water partition coefficient (Wildman–Crippen LogP) is 3.98. The first-order valence-corrected chi connectivity index (χ1v) is 7.33. The van der Waals surface area contributed by atoms with Gasteiger partial charge in [-0.25, -0.2) is 4.39 Å². The Kier molecular flexibility index (Phi) is 4.39. The summed E-state index contributed by atoms with van der Waals surface area (Å²) in [4.78, 5) is 12.2. The lowest BCUT2D eigenvalue weighted by atomic mass is 10.1. The second-order valence-corrected chi connectivity index (χ2v) is 5.36. The lowest BCUT2D eigenvalue weighted by molar-refractivity contribution is 0.102. The fraction of sp³-hybridized carbons (Fsp3) is 0.0588. The number of amides is 1. The van der Waals surface area contributed by atoms with E-state index in [1.165, 1.54) is 12.1 Å². The van der Waals surface area contributed by atoms with Crippen LogP contribution in [0.4, 0.5) is 10.1 Å². The number of halogens is 2. The van der Waals surface area contributed by atoms with Crippen LogP contribution in [0.5, 0.6) is 0 Å². The van der Waals surface area contributed by atoms with Gasteiger partial charge in [-0.05, 0) is 35.9 Å². The van der Waals surface area contributed by atoms with E-state index in [2.05, 4.69) is 10.4 Å². The molecule has 0 saturated carbocycles. The molecule has 23 heavy (non-hydrogen) atoms. The van der Waals surface area contributed by atoms with Gasteiger partial charge >= 0.3 is 0 Å². The zero-order chi connectivity index (χ0) is 16.2. The highest BCUT2D eigenvalue weighted by atomic mass is 35.5. The van der Waals surface area contributed by atoms with E-state index in [0.29, 0.717) is 12.1 Å². The molecule has 0 fully saturated rings. The first-order chi connectivity index (χ1) is 11.1. The van der Waals surface area contributed by atoms with E-state index in [0.717, 1.165) is 5.56 Å². The molecule has 0 atom stereocenters. The molecular weight excluding hydrogens is 317 g/mol. The van der Waals surface area contributed by atoms with Crippen molar-refractivity contribution in [3.63, 3.8) is 0 Å². The van der Waals surface area contributed by atoms with E-state index in [4.69, 9.17) is 11.6 Å². The van der Waals surface area contributed by atoms with Crippen molar-refractivity contribution >= 4 is 23.2 Å². The summed E-state index contributed by atoms with van der Waals surface area (Å²) in [5.74, 6) is -1.03. The average molecular weight is 330 g/mol. The van der Waals surface area contributed by atoms with Gasteiger partial charge in [-0.1, -0.05) is 29.8 Å². The highest BCUT2D eigenvalue weighted by Crippen LogP contribution is 2.22. The van der Waals surface area contributed by atoms with Crippen LogP contribution in [0.15, 0.2) is 60.9 Å². The van der Waals surface area contributed by atoms with Crippen LogP contribution in [0.1, 0.15) is 15.9 Å².